The fourth-order valence-electron chi connectivity index (χ4n) is 4.80. The lowest BCUT2D eigenvalue weighted by molar-refractivity contribution is -0.140. The number of rotatable bonds is 12. The number of nitrogens with zero attached hydrogens (tertiary/aromatic N) is 3. The van der Waals surface area contributed by atoms with Crippen LogP contribution in [0, 0.1) is 6.92 Å². The van der Waals surface area contributed by atoms with Crippen molar-refractivity contribution in [3.05, 3.63) is 106 Å². The molecule has 0 saturated heterocycles. The number of aromatic nitrogens is 3. The molecule has 0 bridgehead atoms. The Morgan fingerprint density at radius 3 is 2.50 bits per heavy atom. The number of aryl methyl sites for hydroxylation is 1. The zero-order chi connectivity index (χ0) is 29.5. The molecule has 1 aliphatic rings. The summed E-state index contributed by atoms with van der Waals surface area (Å²) in [4.78, 5) is 18.4. The molecule has 0 spiro atoms. The molecule has 1 N–H and O–H groups in total. The van der Waals surface area contributed by atoms with E-state index in [0.717, 1.165) is 28.9 Å². The fourth-order valence-corrected chi connectivity index (χ4v) is 5.49. The normalized spacial score (nSPS) is 14.2. The number of fused-ring (bicyclic) bond motifs is 1. The van der Waals surface area contributed by atoms with Crippen LogP contribution in [0.25, 0.3) is 0 Å². The Hall–Kier alpha value is -4.24. The maximum absolute atomic E-state index is 13.7. The first-order chi connectivity index (χ1) is 20.5. The van der Waals surface area contributed by atoms with Crippen LogP contribution in [0.1, 0.15) is 55.5 Å². The van der Waals surface area contributed by atoms with Crippen LogP contribution >= 0.6 is 11.8 Å². The molecule has 1 aromatic heterocycles. The number of esters is 1. The number of carbonyl (C=O) groups excluding carboxylic acids is 1. The lowest BCUT2D eigenvalue weighted by Gasteiger charge is -2.28. The molecule has 8 nitrogen and oxygen atoms in total. The van der Waals surface area contributed by atoms with E-state index in [0.29, 0.717) is 47.1 Å². The molecule has 0 aliphatic carbocycles. The minimum Gasteiger partial charge on any atom is -0.490 e. The molecule has 3 aromatic carbocycles. The van der Waals surface area contributed by atoms with E-state index in [1.54, 1.807) is 16.4 Å². The van der Waals surface area contributed by atoms with Gasteiger partial charge in [-0.05, 0) is 56.0 Å². The van der Waals surface area contributed by atoms with Crippen LogP contribution < -0.4 is 14.8 Å². The third-order valence-electron chi connectivity index (χ3n) is 6.76. The van der Waals surface area contributed by atoms with Crippen molar-refractivity contribution in [3.63, 3.8) is 0 Å². The average Bonchev–Trinajstić information content (AvgIpc) is 3.40. The summed E-state index contributed by atoms with van der Waals surface area (Å²) in [6.07, 6.45) is 1.00. The van der Waals surface area contributed by atoms with Gasteiger partial charge in [-0.3, -0.25) is 0 Å². The summed E-state index contributed by atoms with van der Waals surface area (Å²) >= 11 is 1.59. The maximum Gasteiger partial charge on any atom is 0.338 e. The summed E-state index contributed by atoms with van der Waals surface area (Å²) in [7, 11) is 0. The van der Waals surface area contributed by atoms with E-state index in [1.165, 1.54) is 5.56 Å². The average molecular weight is 585 g/mol. The molecule has 1 aliphatic heterocycles. The molecular formula is C33H36N4O4S. The monoisotopic (exact) mass is 584 g/mol. The van der Waals surface area contributed by atoms with Crippen LogP contribution in [0.5, 0.6) is 11.5 Å². The van der Waals surface area contributed by atoms with Gasteiger partial charge in [0.1, 0.15) is 19.3 Å². The first-order valence-electron chi connectivity index (χ1n) is 14.2. The van der Waals surface area contributed by atoms with Crippen molar-refractivity contribution in [1.82, 2.24) is 14.8 Å². The van der Waals surface area contributed by atoms with Crippen LogP contribution in [0.3, 0.4) is 0 Å². The van der Waals surface area contributed by atoms with Gasteiger partial charge in [0, 0.05) is 11.4 Å². The van der Waals surface area contributed by atoms with Gasteiger partial charge in [0.05, 0.1) is 12.2 Å². The number of allylic oxidation sites excluding steroid dienone is 1. The van der Waals surface area contributed by atoms with Crippen LogP contribution in [-0.4, -0.2) is 33.1 Å². The zero-order valence-corrected chi connectivity index (χ0v) is 25.2. The summed E-state index contributed by atoms with van der Waals surface area (Å²) in [6, 6.07) is 23.1. The van der Waals surface area contributed by atoms with E-state index in [4.69, 9.17) is 24.3 Å². The van der Waals surface area contributed by atoms with E-state index >= 15 is 0 Å². The first-order valence-corrected chi connectivity index (χ1v) is 15.2. The second-order valence-corrected chi connectivity index (χ2v) is 11.1. The van der Waals surface area contributed by atoms with E-state index in [-0.39, 0.29) is 6.61 Å². The van der Waals surface area contributed by atoms with Gasteiger partial charge in [-0.2, -0.15) is 4.98 Å². The zero-order valence-electron chi connectivity index (χ0n) is 24.4. The number of nitrogens with one attached hydrogen (secondary N) is 1. The van der Waals surface area contributed by atoms with Gasteiger partial charge < -0.3 is 19.5 Å². The number of anilines is 1. The highest BCUT2D eigenvalue weighted by Crippen LogP contribution is 2.40. The van der Waals surface area contributed by atoms with Crippen LogP contribution in [0.15, 0.2) is 89.2 Å². The minimum atomic E-state index is -0.571. The van der Waals surface area contributed by atoms with Crippen LogP contribution in [0.2, 0.25) is 0 Å². The van der Waals surface area contributed by atoms with E-state index in [2.05, 4.69) is 31.3 Å². The van der Waals surface area contributed by atoms with Gasteiger partial charge in [-0.25, -0.2) is 9.48 Å². The van der Waals surface area contributed by atoms with Crippen molar-refractivity contribution in [1.29, 1.82) is 0 Å². The Bertz CT molecular complexity index is 1570. The third kappa shape index (κ3) is 6.79. The molecule has 1 unspecified atom stereocenters. The number of hydrogen-bond donors (Lipinski definition) is 1. The molecule has 9 heteroatoms. The number of carbonyl (C=O) groups is 1. The number of ether oxygens (including phenoxy) is 3. The van der Waals surface area contributed by atoms with Gasteiger partial charge in [-0.1, -0.05) is 84.9 Å². The van der Waals surface area contributed by atoms with Gasteiger partial charge >= 0.3 is 5.97 Å². The van der Waals surface area contributed by atoms with E-state index in [1.807, 2.05) is 74.5 Å². The Balaban J connectivity index is 1.49. The summed E-state index contributed by atoms with van der Waals surface area (Å²) < 4.78 is 19.8. The summed E-state index contributed by atoms with van der Waals surface area (Å²) in [5, 5.41) is 8.74. The van der Waals surface area contributed by atoms with E-state index in [9.17, 15) is 4.79 Å². The largest absolute Gasteiger partial charge is 0.490 e. The van der Waals surface area contributed by atoms with Gasteiger partial charge in [0.15, 0.2) is 11.5 Å². The quantitative estimate of drug-likeness (QED) is 0.139. The molecule has 0 amide bonds. The summed E-state index contributed by atoms with van der Waals surface area (Å²) in [6.45, 7) is 9.02. The summed E-state index contributed by atoms with van der Waals surface area (Å²) in [5.74, 6) is 2.28. The SMILES string of the molecule is CCCSc1nc2n(n1)C(c1ccc(OCc3cccc(C)c3)c(OCC)c1)C(C(=O)OCc1ccccc1)=C(C)N2. The Morgan fingerprint density at radius 2 is 1.74 bits per heavy atom. The van der Waals surface area contributed by atoms with Crippen molar-refractivity contribution in [2.24, 2.45) is 0 Å². The first kappa shape index (κ1) is 29.3. The standard InChI is InChI=1S/C33H36N4O4S/c1-5-17-42-33-35-32-34-23(4)29(31(38)41-20-24-12-8-7-9-13-24)30(37(32)36-33)26-15-16-27(28(19-26)39-6-2)40-21-25-14-10-11-22(3)18-25/h7-16,18-19,30H,5-6,17,20-21H2,1-4H3,(H,34,35,36). The van der Waals surface area contributed by atoms with Gasteiger partial charge in [0.25, 0.3) is 0 Å². The second kappa shape index (κ2) is 13.6. The third-order valence-corrected chi connectivity index (χ3v) is 7.80. The van der Waals surface area contributed by atoms with Crippen molar-refractivity contribution in [2.75, 3.05) is 17.7 Å². The van der Waals surface area contributed by atoms with Crippen molar-refractivity contribution in [3.8, 4) is 11.5 Å². The highest BCUT2D eigenvalue weighted by Gasteiger charge is 2.36. The predicted octanol–water partition coefficient (Wildman–Crippen LogP) is 7.10. The van der Waals surface area contributed by atoms with Crippen molar-refractivity contribution >= 4 is 23.7 Å². The number of benzene rings is 3. The van der Waals surface area contributed by atoms with Crippen LogP contribution in [-0.2, 0) is 22.7 Å². The second-order valence-electron chi connectivity index (χ2n) is 10.1. The molecule has 2 heterocycles. The van der Waals surface area contributed by atoms with Gasteiger partial charge in [0.2, 0.25) is 11.1 Å². The van der Waals surface area contributed by atoms with Crippen molar-refractivity contribution < 1.29 is 19.0 Å². The number of hydrogen-bond acceptors (Lipinski definition) is 8. The Kier molecular flexibility index (Phi) is 9.48. The van der Waals surface area contributed by atoms with Crippen LogP contribution in [0.4, 0.5) is 5.95 Å². The Morgan fingerprint density at radius 1 is 0.929 bits per heavy atom. The minimum absolute atomic E-state index is 0.168. The lowest BCUT2D eigenvalue weighted by atomic mass is 9.95. The fraction of sp³-hybridized carbons (Fsp3) is 0.303. The summed E-state index contributed by atoms with van der Waals surface area (Å²) in [5.41, 5.74) is 5.11. The number of thioether (sulfide) groups is 1. The molecule has 4 aromatic rings. The predicted molar refractivity (Wildman–Crippen MR) is 165 cm³/mol. The highest BCUT2D eigenvalue weighted by molar-refractivity contribution is 7.99. The molecule has 0 fully saturated rings. The Labute approximate surface area is 251 Å². The lowest BCUT2D eigenvalue weighted by Crippen LogP contribution is -2.29. The smallest absolute Gasteiger partial charge is 0.338 e. The molecule has 218 valence electrons. The molecule has 5 rings (SSSR count). The highest BCUT2D eigenvalue weighted by atomic mass is 32.2. The topological polar surface area (TPSA) is 87.5 Å². The van der Waals surface area contributed by atoms with Crippen molar-refractivity contribution in [2.45, 2.75) is 58.5 Å². The molecule has 1 atom stereocenters. The molecule has 0 saturated carbocycles. The molecular weight excluding hydrogens is 548 g/mol. The maximum atomic E-state index is 13.7. The van der Waals surface area contributed by atoms with E-state index < -0.39 is 12.0 Å². The van der Waals surface area contributed by atoms with Gasteiger partial charge in [-0.15, -0.1) is 5.10 Å². The molecule has 42 heavy (non-hydrogen) atoms. The molecule has 0 radical (unpaired) electrons.